The first-order valence-corrected chi connectivity index (χ1v) is 9.10. The Kier molecular flexibility index (Phi) is 5.01. The quantitative estimate of drug-likeness (QED) is 0.805. The minimum Gasteiger partial charge on any atom is -0.356 e. The highest BCUT2D eigenvalue weighted by atomic mass is 79.9. The first-order chi connectivity index (χ1) is 10.6. The van der Waals surface area contributed by atoms with Crippen LogP contribution in [-0.2, 0) is 4.79 Å². The van der Waals surface area contributed by atoms with Crippen molar-refractivity contribution in [1.29, 1.82) is 0 Å². The Morgan fingerprint density at radius 3 is 2.73 bits per heavy atom. The summed E-state index contributed by atoms with van der Waals surface area (Å²) in [7, 11) is 0. The predicted octanol–water partition coefficient (Wildman–Crippen LogP) is 3.38. The Morgan fingerprint density at radius 1 is 1.23 bits per heavy atom. The maximum absolute atomic E-state index is 12.7. The zero-order valence-electron chi connectivity index (χ0n) is 13.2. The molecule has 0 N–H and O–H groups in total. The minimum absolute atomic E-state index is 0.136. The Hall–Kier alpha value is -1.10. The number of carbonyl (C=O) groups excluding carboxylic acids is 1. The third-order valence-electron chi connectivity index (χ3n) is 4.76. The molecule has 3 rings (SSSR count). The van der Waals surface area contributed by atoms with Crippen LogP contribution in [0.1, 0.15) is 37.7 Å². The molecule has 2 aliphatic heterocycles. The summed E-state index contributed by atoms with van der Waals surface area (Å²) in [6.45, 7) is 5.79. The lowest BCUT2D eigenvalue weighted by Gasteiger charge is -2.37. The van der Waals surface area contributed by atoms with E-state index in [2.05, 4.69) is 43.7 Å². The monoisotopic (exact) mass is 365 g/mol. The number of piperidine rings is 2. The molecule has 2 fully saturated rings. The number of halogens is 1. The summed E-state index contributed by atoms with van der Waals surface area (Å²) >= 11 is 3.47. The summed E-state index contributed by atoms with van der Waals surface area (Å²) in [5.41, 5.74) is 1.17. The molecule has 1 atom stereocenters. The van der Waals surface area contributed by atoms with E-state index in [9.17, 15) is 4.79 Å². The van der Waals surface area contributed by atoms with E-state index < -0.39 is 0 Å². The van der Waals surface area contributed by atoms with Crippen molar-refractivity contribution in [2.45, 2.75) is 39.0 Å². The predicted molar refractivity (Wildman–Crippen MR) is 92.0 cm³/mol. The Balaban J connectivity index is 1.69. The normalized spacial score (nSPS) is 22.7. The summed E-state index contributed by atoms with van der Waals surface area (Å²) in [4.78, 5) is 21.7. The van der Waals surface area contributed by atoms with E-state index in [1.165, 1.54) is 12.0 Å². The number of anilines is 1. The van der Waals surface area contributed by atoms with Crippen LogP contribution in [0.3, 0.4) is 0 Å². The molecular formula is C17H24BrN3O. The van der Waals surface area contributed by atoms with Crippen LogP contribution in [0.25, 0.3) is 0 Å². The molecule has 5 heteroatoms. The molecular weight excluding hydrogens is 342 g/mol. The highest BCUT2D eigenvalue weighted by molar-refractivity contribution is 9.10. The molecule has 1 unspecified atom stereocenters. The van der Waals surface area contributed by atoms with Crippen molar-refractivity contribution in [3.05, 3.63) is 22.3 Å². The SMILES string of the molecule is Cc1cc(Br)cnc1N1CCCC(C(=O)N2CCCCC2)C1. The summed E-state index contributed by atoms with van der Waals surface area (Å²) in [6.07, 6.45) is 7.52. The van der Waals surface area contributed by atoms with Crippen LogP contribution in [0.15, 0.2) is 16.7 Å². The van der Waals surface area contributed by atoms with Crippen molar-refractivity contribution in [1.82, 2.24) is 9.88 Å². The van der Waals surface area contributed by atoms with Gasteiger partial charge in [-0.25, -0.2) is 4.98 Å². The van der Waals surface area contributed by atoms with Crippen LogP contribution in [-0.4, -0.2) is 42.0 Å². The van der Waals surface area contributed by atoms with Crippen molar-refractivity contribution in [3.8, 4) is 0 Å². The molecule has 0 saturated carbocycles. The van der Waals surface area contributed by atoms with Gasteiger partial charge in [-0.05, 0) is 66.6 Å². The second-order valence-electron chi connectivity index (χ2n) is 6.47. The molecule has 22 heavy (non-hydrogen) atoms. The van der Waals surface area contributed by atoms with Crippen molar-refractivity contribution in [2.75, 3.05) is 31.1 Å². The molecule has 1 aromatic rings. The number of rotatable bonds is 2. The van der Waals surface area contributed by atoms with Crippen LogP contribution in [0.5, 0.6) is 0 Å². The lowest BCUT2D eigenvalue weighted by atomic mass is 9.95. The van der Waals surface area contributed by atoms with E-state index in [0.29, 0.717) is 5.91 Å². The van der Waals surface area contributed by atoms with Crippen LogP contribution >= 0.6 is 15.9 Å². The van der Waals surface area contributed by atoms with E-state index in [0.717, 1.165) is 62.2 Å². The summed E-state index contributed by atoms with van der Waals surface area (Å²) in [5, 5.41) is 0. The van der Waals surface area contributed by atoms with E-state index in [4.69, 9.17) is 0 Å². The molecule has 1 amide bonds. The fraction of sp³-hybridized carbons (Fsp3) is 0.647. The summed E-state index contributed by atoms with van der Waals surface area (Å²) < 4.78 is 1.01. The fourth-order valence-corrected chi connectivity index (χ4v) is 4.05. The second kappa shape index (κ2) is 6.99. The van der Waals surface area contributed by atoms with E-state index in [1.54, 1.807) is 0 Å². The zero-order valence-corrected chi connectivity index (χ0v) is 14.8. The van der Waals surface area contributed by atoms with Crippen molar-refractivity contribution >= 4 is 27.7 Å². The van der Waals surface area contributed by atoms with Gasteiger partial charge < -0.3 is 9.80 Å². The number of amides is 1. The Bertz CT molecular complexity index is 543. The summed E-state index contributed by atoms with van der Waals surface area (Å²) in [5.74, 6) is 1.52. The molecule has 1 aromatic heterocycles. The second-order valence-corrected chi connectivity index (χ2v) is 7.38. The van der Waals surface area contributed by atoms with Gasteiger partial charge in [0.15, 0.2) is 0 Å². The van der Waals surface area contributed by atoms with Crippen molar-refractivity contribution < 1.29 is 4.79 Å². The van der Waals surface area contributed by atoms with E-state index in [1.807, 2.05) is 6.20 Å². The largest absolute Gasteiger partial charge is 0.356 e. The molecule has 0 aliphatic carbocycles. The Morgan fingerprint density at radius 2 is 2.00 bits per heavy atom. The number of aryl methyl sites for hydroxylation is 1. The van der Waals surface area contributed by atoms with Crippen LogP contribution in [0, 0.1) is 12.8 Å². The van der Waals surface area contributed by atoms with Gasteiger partial charge in [0.25, 0.3) is 0 Å². The first kappa shape index (κ1) is 15.8. The number of pyridine rings is 1. The highest BCUT2D eigenvalue weighted by Crippen LogP contribution is 2.27. The van der Waals surface area contributed by atoms with Crippen molar-refractivity contribution in [2.24, 2.45) is 5.92 Å². The molecule has 0 spiro atoms. The van der Waals surface area contributed by atoms with Gasteiger partial charge in [0.1, 0.15) is 5.82 Å². The van der Waals surface area contributed by atoms with Crippen LogP contribution in [0.2, 0.25) is 0 Å². The smallest absolute Gasteiger partial charge is 0.227 e. The first-order valence-electron chi connectivity index (χ1n) is 8.31. The zero-order chi connectivity index (χ0) is 15.5. The topological polar surface area (TPSA) is 36.4 Å². The van der Waals surface area contributed by atoms with E-state index >= 15 is 0 Å². The van der Waals surface area contributed by atoms with Gasteiger partial charge in [0.2, 0.25) is 5.91 Å². The van der Waals surface area contributed by atoms with Crippen LogP contribution in [0.4, 0.5) is 5.82 Å². The maximum Gasteiger partial charge on any atom is 0.227 e. The van der Waals surface area contributed by atoms with Gasteiger partial charge in [-0.15, -0.1) is 0 Å². The maximum atomic E-state index is 12.7. The molecule has 2 saturated heterocycles. The number of hydrogen-bond donors (Lipinski definition) is 0. The number of hydrogen-bond acceptors (Lipinski definition) is 3. The summed E-state index contributed by atoms with van der Waals surface area (Å²) in [6, 6.07) is 2.10. The van der Waals surface area contributed by atoms with Gasteiger partial charge >= 0.3 is 0 Å². The average molecular weight is 366 g/mol. The molecule has 2 aliphatic rings. The molecule has 4 nitrogen and oxygen atoms in total. The molecule has 3 heterocycles. The number of carbonyl (C=O) groups is 1. The minimum atomic E-state index is 0.136. The van der Waals surface area contributed by atoms with Crippen LogP contribution < -0.4 is 4.90 Å². The lowest BCUT2D eigenvalue weighted by Crippen LogP contribution is -2.46. The standard InChI is InChI=1S/C17H24BrN3O/c1-13-10-15(18)11-19-16(13)21-9-5-6-14(12-21)17(22)20-7-3-2-4-8-20/h10-11,14H,2-9,12H2,1H3. The fourth-order valence-electron chi connectivity index (χ4n) is 3.61. The van der Waals surface area contributed by atoms with Gasteiger partial charge in [0.05, 0.1) is 5.92 Å². The van der Waals surface area contributed by atoms with Crippen molar-refractivity contribution in [3.63, 3.8) is 0 Å². The molecule has 0 bridgehead atoms. The third-order valence-corrected chi connectivity index (χ3v) is 5.19. The number of nitrogens with zero attached hydrogens (tertiary/aromatic N) is 3. The lowest BCUT2D eigenvalue weighted by molar-refractivity contribution is -0.136. The molecule has 0 radical (unpaired) electrons. The van der Waals surface area contributed by atoms with Gasteiger partial charge in [-0.1, -0.05) is 0 Å². The average Bonchev–Trinajstić information content (AvgIpc) is 2.55. The third kappa shape index (κ3) is 3.45. The van der Waals surface area contributed by atoms with Gasteiger partial charge in [0, 0.05) is 36.8 Å². The van der Waals surface area contributed by atoms with E-state index in [-0.39, 0.29) is 5.92 Å². The van der Waals surface area contributed by atoms with Gasteiger partial charge in [-0.3, -0.25) is 4.79 Å². The highest BCUT2D eigenvalue weighted by Gasteiger charge is 2.30. The number of likely N-dealkylation sites (tertiary alicyclic amines) is 1. The Labute approximate surface area is 141 Å². The number of aromatic nitrogens is 1. The molecule has 0 aromatic carbocycles. The molecule has 120 valence electrons. The van der Waals surface area contributed by atoms with Gasteiger partial charge in [-0.2, -0.15) is 0 Å².